The number of carbonyl (C=O) groups excluding carboxylic acids is 2. The fraction of sp³-hybridized carbons (Fsp3) is 0.556. The molecule has 0 fully saturated rings. The van der Waals surface area contributed by atoms with Gasteiger partial charge in [0, 0.05) is 24.3 Å². The fourth-order valence-electron chi connectivity index (χ4n) is 2.60. The molecule has 0 saturated carbocycles. The molecular weight excluding hydrogens is 306 g/mol. The smallest absolute Gasteiger partial charge is 0.319 e. The molecule has 0 aromatic heterocycles. The zero-order valence-corrected chi connectivity index (χ0v) is 15.1. The Kier molecular flexibility index (Phi) is 5.36. The Labute approximate surface area is 143 Å². The third-order valence-corrected chi connectivity index (χ3v) is 3.79. The van der Waals surface area contributed by atoms with Gasteiger partial charge in [-0.25, -0.2) is 4.79 Å². The molecule has 2 rings (SSSR count). The van der Waals surface area contributed by atoms with Crippen LogP contribution in [0.3, 0.4) is 0 Å². The van der Waals surface area contributed by atoms with Crippen molar-refractivity contribution in [2.24, 2.45) is 5.41 Å². The summed E-state index contributed by atoms with van der Waals surface area (Å²) in [5.41, 5.74) is 0.800. The highest BCUT2D eigenvalue weighted by Crippen LogP contribution is 2.38. The van der Waals surface area contributed by atoms with Crippen molar-refractivity contribution in [1.29, 1.82) is 0 Å². The van der Waals surface area contributed by atoms with E-state index in [9.17, 15) is 9.59 Å². The SMILES string of the molecule is CCCN1C(=O)C(C)(C)COc2cc(NC(=O)NC(C)C)ccc21. The first-order chi connectivity index (χ1) is 11.2. The lowest BCUT2D eigenvalue weighted by Crippen LogP contribution is -2.42. The average Bonchev–Trinajstić information content (AvgIpc) is 2.57. The van der Waals surface area contributed by atoms with Crippen molar-refractivity contribution in [2.45, 2.75) is 47.1 Å². The summed E-state index contributed by atoms with van der Waals surface area (Å²) in [6, 6.07) is 5.18. The number of urea groups is 1. The van der Waals surface area contributed by atoms with Gasteiger partial charge >= 0.3 is 6.03 Å². The highest BCUT2D eigenvalue weighted by Gasteiger charge is 2.37. The van der Waals surface area contributed by atoms with Crippen molar-refractivity contribution in [2.75, 3.05) is 23.4 Å². The van der Waals surface area contributed by atoms with Gasteiger partial charge in [0.1, 0.15) is 12.4 Å². The second-order valence-corrected chi connectivity index (χ2v) is 7.07. The molecule has 0 atom stereocenters. The fourth-order valence-corrected chi connectivity index (χ4v) is 2.60. The minimum absolute atomic E-state index is 0.0561. The lowest BCUT2D eigenvalue weighted by molar-refractivity contribution is -0.127. The molecule has 0 unspecified atom stereocenters. The van der Waals surface area contributed by atoms with Crippen molar-refractivity contribution in [3.05, 3.63) is 18.2 Å². The van der Waals surface area contributed by atoms with E-state index in [2.05, 4.69) is 10.6 Å². The Bertz CT molecular complexity index is 626. The Hall–Kier alpha value is -2.24. The topological polar surface area (TPSA) is 70.7 Å². The van der Waals surface area contributed by atoms with Crippen molar-refractivity contribution in [1.82, 2.24) is 5.32 Å². The molecule has 0 bridgehead atoms. The van der Waals surface area contributed by atoms with E-state index >= 15 is 0 Å². The minimum Gasteiger partial charge on any atom is -0.490 e. The summed E-state index contributed by atoms with van der Waals surface area (Å²) in [7, 11) is 0. The number of nitrogens with zero attached hydrogens (tertiary/aromatic N) is 1. The molecule has 0 spiro atoms. The van der Waals surface area contributed by atoms with Crippen molar-refractivity contribution in [3.63, 3.8) is 0 Å². The van der Waals surface area contributed by atoms with E-state index in [1.807, 2.05) is 40.7 Å². The van der Waals surface area contributed by atoms with Crippen LogP contribution < -0.4 is 20.3 Å². The van der Waals surface area contributed by atoms with E-state index < -0.39 is 5.41 Å². The quantitative estimate of drug-likeness (QED) is 0.887. The summed E-state index contributed by atoms with van der Waals surface area (Å²) < 4.78 is 5.88. The maximum Gasteiger partial charge on any atom is 0.319 e. The van der Waals surface area contributed by atoms with Gasteiger partial charge in [0.05, 0.1) is 11.1 Å². The predicted molar refractivity (Wildman–Crippen MR) is 95.7 cm³/mol. The zero-order valence-electron chi connectivity index (χ0n) is 15.1. The highest BCUT2D eigenvalue weighted by atomic mass is 16.5. The van der Waals surface area contributed by atoms with Crippen LogP contribution in [0.5, 0.6) is 5.75 Å². The van der Waals surface area contributed by atoms with Crippen LogP contribution in [0.1, 0.15) is 41.0 Å². The maximum absolute atomic E-state index is 12.8. The molecule has 132 valence electrons. The van der Waals surface area contributed by atoms with Crippen LogP contribution in [0.4, 0.5) is 16.2 Å². The molecule has 1 heterocycles. The Balaban J connectivity index is 2.30. The normalized spacial score (nSPS) is 16.2. The van der Waals surface area contributed by atoms with Crippen LogP contribution in [0.15, 0.2) is 18.2 Å². The van der Waals surface area contributed by atoms with Crippen LogP contribution in [-0.2, 0) is 4.79 Å². The van der Waals surface area contributed by atoms with Gasteiger partial charge in [0.2, 0.25) is 5.91 Å². The first-order valence-corrected chi connectivity index (χ1v) is 8.41. The monoisotopic (exact) mass is 333 g/mol. The first kappa shape index (κ1) is 18.1. The summed E-state index contributed by atoms with van der Waals surface area (Å²) in [6.07, 6.45) is 0.859. The summed E-state index contributed by atoms with van der Waals surface area (Å²) in [4.78, 5) is 26.4. The summed E-state index contributed by atoms with van der Waals surface area (Å²) >= 11 is 0. The number of carbonyl (C=O) groups is 2. The Morgan fingerprint density at radius 3 is 2.71 bits per heavy atom. The molecule has 1 aliphatic rings. The Morgan fingerprint density at radius 1 is 1.38 bits per heavy atom. The third-order valence-electron chi connectivity index (χ3n) is 3.79. The molecule has 1 aromatic carbocycles. The summed E-state index contributed by atoms with van der Waals surface area (Å²) in [5, 5.41) is 5.57. The largest absolute Gasteiger partial charge is 0.490 e. The van der Waals surface area contributed by atoms with Gasteiger partial charge in [0.15, 0.2) is 0 Å². The third kappa shape index (κ3) is 3.99. The van der Waals surface area contributed by atoms with Gasteiger partial charge in [-0.05, 0) is 46.2 Å². The van der Waals surface area contributed by atoms with E-state index in [1.165, 1.54) is 0 Å². The first-order valence-electron chi connectivity index (χ1n) is 8.41. The second kappa shape index (κ2) is 7.11. The highest BCUT2D eigenvalue weighted by molar-refractivity contribution is 6.00. The molecule has 6 nitrogen and oxygen atoms in total. The minimum atomic E-state index is -0.587. The molecule has 0 saturated heterocycles. The van der Waals surface area contributed by atoms with Gasteiger partial charge in [-0.15, -0.1) is 0 Å². The zero-order chi connectivity index (χ0) is 17.9. The molecule has 1 aliphatic heterocycles. The van der Waals surface area contributed by atoms with E-state index in [0.29, 0.717) is 24.6 Å². The number of nitrogens with one attached hydrogen (secondary N) is 2. The van der Waals surface area contributed by atoms with Crippen LogP contribution in [0.2, 0.25) is 0 Å². The lowest BCUT2D eigenvalue weighted by atomic mass is 9.93. The van der Waals surface area contributed by atoms with E-state index in [0.717, 1.165) is 12.1 Å². The summed E-state index contributed by atoms with van der Waals surface area (Å²) in [5.74, 6) is 0.672. The number of hydrogen-bond donors (Lipinski definition) is 2. The van der Waals surface area contributed by atoms with Crippen molar-refractivity contribution in [3.8, 4) is 5.75 Å². The number of anilines is 2. The van der Waals surface area contributed by atoms with E-state index in [1.54, 1.807) is 17.0 Å². The van der Waals surface area contributed by atoms with E-state index in [-0.39, 0.29) is 18.0 Å². The molecule has 2 N–H and O–H groups in total. The molecule has 0 aliphatic carbocycles. The summed E-state index contributed by atoms with van der Waals surface area (Å²) in [6.45, 7) is 10.6. The molecule has 1 aromatic rings. The standard InChI is InChI=1S/C18H27N3O3/c1-6-9-21-14-8-7-13(20-17(23)19-12(2)3)10-15(14)24-11-18(4,5)16(21)22/h7-8,10,12H,6,9,11H2,1-5H3,(H2,19,20,23). The van der Waals surface area contributed by atoms with Crippen LogP contribution in [0, 0.1) is 5.41 Å². The van der Waals surface area contributed by atoms with Gasteiger partial charge in [0.25, 0.3) is 0 Å². The molecular formula is C18H27N3O3. The number of benzene rings is 1. The second-order valence-electron chi connectivity index (χ2n) is 7.07. The molecule has 24 heavy (non-hydrogen) atoms. The van der Waals surface area contributed by atoms with Crippen molar-refractivity contribution < 1.29 is 14.3 Å². The van der Waals surface area contributed by atoms with Gasteiger partial charge in [-0.2, -0.15) is 0 Å². The van der Waals surface area contributed by atoms with Gasteiger partial charge < -0.3 is 20.3 Å². The van der Waals surface area contributed by atoms with Crippen molar-refractivity contribution >= 4 is 23.3 Å². The van der Waals surface area contributed by atoms with E-state index in [4.69, 9.17) is 4.74 Å². The Morgan fingerprint density at radius 2 is 2.08 bits per heavy atom. The van der Waals surface area contributed by atoms with Gasteiger partial charge in [-0.1, -0.05) is 6.92 Å². The van der Waals surface area contributed by atoms with Crippen LogP contribution >= 0.6 is 0 Å². The molecule has 6 heteroatoms. The maximum atomic E-state index is 12.8. The number of hydrogen-bond acceptors (Lipinski definition) is 3. The number of ether oxygens (including phenoxy) is 1. The predicted octanol–water partition coefficient (Wildman–Crippen LogP) is 3.38. The number of fused-ring (bicyclic) bond motifs is 1. The average molecular weight is 333 g/mol. The van der Waals surface area contributed by atoms with Crippen LogP contribution in [0.25, 0.3) is 0 Å². The molecule has 3 amide bonds. The molecule has 0 radical (unpaired) electrons. The van der Waals surface area contributed by atoms with Crippen LogP contribution in [-0.4, -0.2) is 31.1 Å². The van der Waals surface area contributed by atoms with Gasteiger partial charge in [-0.3, -0.25) is 4.79 Å². The number of amides is 3. The lowest BCUT2D eigenvalue weighted by Gasteiger charge is -2.27. The number of rotatable bonds is 4.